The third-order valence-electron chi connectivity index (χ3n) is 3.33. The zero-order valence-electron chi connectivity index (χ0n) is 10.4. The molecule has 1 aromatic carbocycles. The van der Waals surface area contributed by atoms with Crippen molar-refractivity contribution in [2.75, 3.05) is 13.2 Å². The lowest BCUT2D eigenvalue weighted by Gasteiger charge is -2.39. The number of fused-ring (bicyclic) bond motifs is 1. The molecule has 1 saturated heterocycles. The molecular weight excluding hydrogens is 246 g/mol. The second-order valence-electron chi connectivity index (χ2n) is 4.74. The van der Waals surface area contributed by atoms with Crippen LogP contribution in [0.5, 0.6) is 0 Å². The Morgan fingerprint density at radius 1 is 1.47 bits per heavy atom. The van der Waals surface area contributed by atoms with E-state index in [1.54, 1.807) is 13.0 Å². The first kappa shape index (κ1) is 11.9. The van der Waals surface area contributed by atoms with Gasteiger partial charge in [0.1, 0.15) is 5.52 Å². The smallest absolute Gasteiger partial charge is 0.328 e. The highest BCUT2D eigenvalue weighted by atomic mass is 16.5. The fourth-order valence-corrected chi connectivity index (χ4v) is 2.26. The van der Waals surface area contributed by atoms with Crippen molar-refractivity contribution in [1.29, 1.82) is 0 Å². The molecule has 0 amide bonds. The first-order valence-corrected chi connectivity index (χ1v) is 5.97. The van der Waals surface area contributed by atoms with Gasteiger partial charge in [-0.3, -0.25) is 0 Å². The van der Waals surface area contributed by atoms with Crippen molar-refractivity contribution >= 4 is 17.1 Å². The average Bonchev–Trinajstić information content (AvgIpc) is 2.66. The van der Waals surface area contributed by atoms with Crippen LogP contribution in [-0.2, 0) is 14.9 Å². The number of nitrogens with zero attached hydrogens (tertiary/aromatic N) is 1. The molecule has 0 aliphatic carbocycles. The van der Waals surface area contributed by atoms with Crippen LogP contribution in [0, 0.1) is 6.92 Å². The van der Waals surface area contributed by atoms with Crippen LogP contribution in [0.1, 0.15) is 11.5 Å². The van der Waals surface area contributed by atoms with Crippen LogP contribution in [0.3, 0.4) is 0 Å². The van der Waals surface area contributed by atoms with Gasteiger partial charge in [0.05, 0.1) is 18.6 Å². The highest BCUT2D eigenvalue weighted by molar-refractivity contribution is 5.80. The Labute approximate surface area is 109 Å². The summed E-state index contributed by atoms with van der Waals surface area (Å²) >= 11 is 0. The van der Waals surface area contributed by atoms with Gasteiger partial charge in [-0.25, -0.2) is 9.78 Å². The second kappa shape index (κ2) is 4.20. The minimum absolute atomic E-state index is 0.362. The lowest BCUT2D eigenvalue weighted by molar-refractivity contribution is -0.131. The third-order valence-corrected chi connectivity index (χ3v) is 3.33. The van der Waals surface area contributed by atoms with Crippen LogP contribution in [0.15, 0.2) is 34.8 Å². The maximum absolute atomic E-state index is 10.7. The number of rotatable bonds is 3. The quantitative estimate of drug-likeness (QED) is 0.854. The molecule has 2 heterocycles. The number of oxazole rings is 1. The Balaban J connectivity index is 2.03. The number of hydrogen-bond acceptors (Lipinski definition) is 4. The Bertz CT molecular complexity index is 667. The van der Waals surface area contributed by atoms with E-state index in [1.165, 1.54) is 6.08 Å². The predicted molar refractivity (Wildman–Crippen MR) is 68.0 cm³/mol. The molecule has 1 aromatic heterocycles. The van der Waals surface area contributed by atoms with Crippen LogP contribution in [0.4, 0.5) is 0 Å². The Kier molecular flexibility index (Phi) is 2.64. The Morgan fingerprint density at radius 2 is 2.26 bits per heavy atom. The van der Waals surface area contributed by atoms with Crippen molar-refractivity contribution in [1.82, 2.24) is 4.98 Å². The van der Waals surface area contributed by atoms with E-state index in [4.69, 9.17) is 14.3 Å². The van der Waals surface area contributed by atoms with Gasteiger partial charge in [-0.05, 0) is 17.7 Å². The molecule has 98 valence electrons. The largest absolute Gasteiger partial charge is 0.478 e. The molecule has 5 heteroatoms. The van der Waals surface area contributed by atoms with Gasteiger partial charge in [-0.1, -0.05) is 12.1 Å². The molecule has 5 nitrogen and oxygen atoms in total. The molecule has 2 aromatic rings. The van der Waals surface area contributed by atoms with Gasteiger partial charge in [-0.15, -0.1) is 0 Å². The molecule has 0 spiro atoms. The van der Waals surface area contributed by atoms with Crippen molar-refractivity contribution in [3.63, 3.8) is 0 Å². The van der Waals surface area contributed by atoms with Crippen LogP contribution in [0.2, 0.25) is 0 Å². The molecular formula is C14H13NO4. The number of aryl methyl sites for hydroxylation is 1. The molecule has 19 heavy (non-hydrogen) atoms. The number of aliphatic carboxylic acids is 1. The van der Waals surface area contributed by atoms with Gasteiger partial charge in [0.25, 0.3) is 0 Å². The van der Waals surface area contributed by atoms with Crippen LogP contribution < -0.4 is 0 Å². The van der Waals surface area contributed by atoms with E-state index in [1.807, 2.05) is 18.2 Å². The van der Waals surface area contributed by atoms with Crippen molar-refractivity contribution in [2.24, 2.45) is 0 Å². The summed E-state index contributed by atoms with van der Waals surface area (Å²) in [4.78, 5) is 15.0. The van der Waals surface area contributed by atoms with Crippen molar-refractivity contribution in [3.05, 3.63) is 41.8 Å². The Morgan fingerprint density at radius 3 is 2.89 bits per heavy atom. The zero-order valence-corrected chi connectivity index (χ0v) is 10.4. The summed E-state index contributed by atoms with van der Waals surface area (Å²) in [5.41, 5.74) is 2.15. The van der Waals surface area contributed by atoms with E-state index in [0.717, 1.165) is 16.7 Å². The van der Waals surface area contributed by atoms with Gasteiger partial charge in [0.2, 0.25) is 0 Å². The van der Waals surface area contributed by atoms with E-state index in [2.05, 4.69) is 4.98 Å². The molecule has 0 radical (unpaired) electrons. The molecule has 3 rings (SSSR count). The third kappa shape index (κ3) is 2.02. The first-order chi connectivity index (χ1) is 9.09. The SMILES string of the molecule is Cc1nc2cc(C3(/C=C/C(=O)O)COC3)ccc2o1. The zero-order chi connectivity index (χ0) is 13.5. The summed E-state index contributed by atoms with van der Waals surface area (Å²) < 4.78 is 10.7. The van der Waals surface area contributed by atoms with Crippen LogP contribution >= 0.6 is 0 Å². The minimum Gasteiger partial charge on any atom is -0.478 e. The van der Waals surface area contributed by atoms with Crippen molar-refractivity contribution in [2.45, 2.75) is 12.3 Å². The van der Waals surface area contributed by atoms with E-state index >= 15 is 0 Å². The van der Waals surface area contributed by atoms with Crippen LogP contribution in [0.25, 0.3) is 11.1 Å². The summed E-state index contributed by atoms with van der Waals surface area (Å²) in [5.74, 6) is -0.336. The number of carboxylic acid groups (broad SMARTS) is 1. The van der Waals surface area contributed by atoms with Crippen molar-refractivity contribution in [3.8, 4) is 0 Å². The molecule has 1 fully saturated rings. The maximum Gasteiger partial charge on any atom is 0.328 e. The molecule has 0 saturated carbocycles. The number of benzene rings is 1. The number of aromatic nitrogens is 1. The maximum atomic E-state index is 10.7. The van der Waals surface area contributed by atoms with Gasteiger partial charge in [-0.2, -0.15) is 0 Å². The van der Waals surface area contributed by atoms with E-state index in [-0.39, 0.29) is 5.41 Å². The molecule has 1 aliphatic rings. The lowest BCUT2D eigenvalue weighted by atomic mass is 9.78. The predicted octanol–water partition coefficient (Wildman–Crippen LogP) is 2.05. The molecule has 0 bridgehead atoms. The van der Waals surface area contributed by atoms with Gasteiger partial charge in [0, 0.05) is 13.0 Å². The summed E-state index contributed by atoms with van der Waals surface area (Å²) in [5, 5.41) is 8.76. The second-order valence-corrected chi connectivity index (χ2v) is 4.74. The summed E-state index contributed by atoms with van der Waals surface area (Å²) in [7, 11) is 0. The highest BCUT2D eigenvalue weighted by Gasteiger charge is 2.38. The van der Waals surface area contributed by atoms with Gasteiger partial charge < -0.3 is 14.3 Å². The number of carbonyl (C=O) groups is 1. The number of hydrogen-bond donors (Lipinski definition) is 1. The molecule has 1 aliphatic heterocycles. The molecule has 0 atom stereocenters. The van der Waals surface area contributed by atoms with Gasteiger partial charge in [0.15, 0.2) is 11.5 Å². The molecule has 0 unspecified atom stereocenters. The molecule has 1 N–H and O–H groups in total. The number of ether oxygens (including phenoxy) is 1. The number of carboxylic acids is 1. The average molecular weight is 259 g/mol. The topological polar surface area (TPSA) is 72.6 Å². The monoisotopic (exact) mass is 259 g/mol. The fraction of sp³-hybridized carbons (Fsp3) is 0.286. The normalized spacial score (nSPS) is 17.7. The summed E-state index contributed by atoms with van der Waals surface area (Å²) in [6.07, 6.45) is 2.85. The lowest BCUT2D eigenvalue weighted by Crippen LogP contribution is -2.45. The van der Waals surface area contributed by atoms with E-state index in [9.17, 15) is 4.79 Å². The first-order valence-electron chi connectivity index (χ1n) is 5.97. The standard InChI is InChI=1S/C14H13NO4/c1-9-15-11-6-10(2-3-12(11)19-9)14(7-18-8-14)5-4-13(16)17/h2-6H,7-8H2,1H3,(H,16,17)/b5-4+. The highest BCUT2D eigenvalue weighted by Crippen LogP contribution is 2.35. The van der Waals surface area contributed by atoms with E-state index < -0.39 is 5.97 Å². The Hall–Kier alpha value is -2.14. The van der Waals surface area contributed by atoms with Gasteiger partial charge >= 0.3 is 5.97 Å². The summed E-state index contributed by atoms with van der Waals surface area (Å²) in [6.45, 7) is 2.77. The van der Waals surface area contributed by atoms with Crippen LogP contribution in [-0.4, -0.2) is 29.3 Å². The minimum atomic E-state index is -0.954. The fourth-order valence-electron chi connectivity index (χ4n) is 2.26. The van der Waals surface area contributed by atoms with Crippen molar-refractivity contribution < 1.29 is 19.1 Å². The summed E-state index contributed by atoms with van der Waals surface area (Å²) in [6, 6.07) is 5.72. The van der Waals surface area contributed by atoms with E-state index in [0.29, 0.717) is 19.1 Å².